The molecule has 0 spiro atoms. The average Bonchev–Trinajstić information content (AvgIpc) is 2.62. The van der Waals surface area contributed by atoms with Gasteiger partial charge in [0.05, 0.1) is 13.1 Å². The van der Waals surface area contributed by atoms with E-state index in [4.69, 9.17) is 0 Å². The number of hydrogen-bond acceptors (Lipinski definition) is 4. The molecule has 1 heterocycles. The molecule has 6 nitrogen and oxygen atoms in total. The predicted octanol–water partition coefficient (Wildman–Crippen LogP) is -0.374. The number of hydrogen-bond donors (Lipinski definition) is 2. The molecule has 102 valence electrons. The number of rotatable bonds is 6. The van der Waals surface area contributed by atoms with Gasteiger partial charge in [-0.25, -0.2) is 0 Å². The van der Waals surface area contributed by atoms with E-state index >= 15 is 0 Å². The molecule has 0 saturated carbocycles. The normalized spacial score (nSPS) is 11.6. The number of amides is 1. The molecule has 1 aromatic heterocycles. The summed E-state index contributed by atoms with van der Waals surface area (Å²) in [6.07, 6.45) is -2.30. The van der Waals surface area contributed by atoms with Crippen LogP contribution in [0.2, 0.25) is 0 Å². The smallest absolute Gasteiger partial charge is 0.355 e. The molecular formula is C9H14F3N5O. The van der Waals surface area contributed by atoms with E-state index in [1.807, 2.05) is 5.32 Å². The summed E-state index contributed by atoms with van der Waals surface area (Å²) in [6.45, 7) is -1.24. The number of nitrogens with zero attached hydrogens (tertiary/aromatic N) is 3. The van der Waals surface area contributed by atoms with Gasteiger partial charge < -0.3 is 15.2 Å². The van der Waals surface area contributed by atoms with Crippen LogP contribution in [0.5, 0.6) is 0 Å². The summed E-state index contributed by atoms with van der Waals surface area (Å²) < 4.78 is 37.0. The molecular weight excluding hydrogens is 251 g/mol. The summed E-state index contributed by atoms with van der Waals surface area (Å²) in [4.78, 5) is 11.2. The van der Waals surface area contributed by atoms with Crippen molar-refractivity contribution in [2.24, 2.45) is 7.05 Å². The standard InChI is InChI=1S/C9H14F3N5O/c1-17-6-15-16-7(17)2-3-14-8(18)4-13-5-9(10,11)12/h6,13H,2-5H2,1H3,(H,14,18). The number of aromatic nitrogens is 3. The van der Waals surface area contributed by atoms with Crippen LogP contribution in [0, 0.1) is 0 Å². The Hall–Kier alpha value is -1.64. The van der Waals surface area contributed by atoms with Crippen LogP contribution in [0.1, 0.15) is 5.82 Å². The van der Waals surface area contributed by atoms with Gasteiger partial charge in [-0.3, -0.25) is 4.79 Å². The highest BCUT2D eigenvalue weighted by atomic mass is 19.4. The van der Waals surface area contributed by atoms with Gasteiger partial charge in [-0.15, -0.1) is 10.2 Å². The van der Waals surface area contributed by atoms with E-state index < -0.39 is 18.6 Å². The molecule has 0 bridgehead atoms. The Bertz CT molecular complexity index is 390. The number of carbonyl (C=O) groups is 1. The van der Waals surface area contributed by atoms with Crippen LogP contribution >= 0.6 is 0 Å². The van der Waals surface area contributed by atoms with E-state index in [-0.39, 0.29) is 6.54 Å². The van der Waals surface area contributed by atoms with Crippen molar-refractivity contribution in [3.05, 3.63) is 12.2 Å². The molecule has 0 aliphatic heterocycles. The maximum absolute atomic E-state index is 11.8. The molecule has 0 aliphatic rings. The van der Waals surface area contributed by atoms with Crippen LogP contribution in [0.3, 0.4) is 0 Å². The summed E-state index contributed by atoms with van der Waals surface area (Å²) in [5.74, 6) is 0.208. The second-order valence-electron chi connectivity index (χ2n) is 3.68. The molecule has 0 aromatic carbocycles. The zero-order chi connectivity index (χ0) is 13.6. The molecule has 0 atom stereocenters. The third kappa shape index (κ3) is 5.62. The molecule has 18 heavy (non-hydrogen) atoms. The van der Waals surface area contributed by atoms with Crippen molar-refractivity contribution in [1.29, 1.82) is 0 Å². The molecule has 0 aliphatic carbocycles. The van der Waals surface area contributed by atoms with Crippen LogP contribution < -0.4 is 10.6 Å². The van der Waals surface area contributed by atoms with Crippen molar-refractivity contribution in [3.63, 3.8) is 0 Å². The summed E-state index contributed by atoms with van der Waals surface area (Å²) in [5, 5.41) is 12.0. The number of carbonyl (C=O) groups excluding carboxylic acids is 1. The quantitative estimate of drug-likeness (QED) is 0.736. The predicted molar refractivity (Wildman–Crippen MR) is 56.6 cm³/mol. The second-order valence-corrected chi connectivity index (χ2v) is 3.68. The molecule has 2 N–H and O–H groups in total. The van der Waals surface area contributed by atoms with Crippen molar-refractivity contribution >= 4 is 5.91 Å². The molecule has 1 amide bonds. The van der Waals surface area contributed by atoms with Gasteiger partial charge in [-0.05, 0) is 0 Å². The molecule has 1 aromatic rings. The van der Waals surface area contributed by atoms with E-state index in [1.54, 1.807) is 11.6 Å². The molecule has 0 saturated heterocycles. The lowest BCUT2D eigenvalue weighted by Gasteiger charge is -2.08. The van der Waals surface area contributed by atoms with Crippen molar-refractivity contribution in [2.45, 2.75) is 12.6 Å². The largest absolute Gasteiger partial charge is 0.401 e. The highest BCUT2D eigenvalue weighted by Crippen LogP contribution is 2.11. The van der Waals surface area contributed by atoms with E-state index in [9.17, 15) is 18.0 Å². The number of nitrogens with one attached hydrogen (secondary N) is 2. The maximum Gasteiger partial charge on any atom is 0.401 e. The Balaban J connectivity index is 2.12. The Morgan fingerprint density at radius 2 is 2.22 bits per heavy atom. The van der Waals surface area contributed by atoms with Gasteiger partial charge in [0, 0.05) is 20.0 Å². The van der Waals surface area contributed by atoms with Crippen LogP contribution in [0.4, 0.5) is 13.2 Å². The number of alkyl halides is 3. The first-order valence-electron chi connectivity index (χ1n) is 5.25. The lowest BCUT2D eigenvalue weighted by Crippen LogP contribution is -2.39. The highest BCUT2D eigenvalue weighted by molar-refractivity contribution is 5.77. The fourth-order valence-electron chi connectivity index (χ4n) is 1.23. The summed E-state index contributed by atoms with van der Waals surface area (Å²) in [6, 6.07) is 0. The van der Waals surface area contributed by atoms with Gasteiger partial charge in [-0.1, -0.05) is 0 Å². The topological polar surface area (TPSA) is 71.8 Å². The molecule has 0 radical (unpaired) electrons. The summed E-state index contributed by atoms with van der Waals surface area (Å²) >= 11 is 0. The van der Waals surface area contributed by atoms with Crippen LogP contribution in [-0.2, 0) is 18.3 Å². The van der Waals surface area contributed by atoms with E-state index in [0.29, 0.717) is 18.8 Å². The fourth-order valence-corrected chi connectivity index (χ4v) is 1.23. The maximum atomic E-state index is 11.8. The minimum atomic E-state index is -4.31. The zero-order valence-electron chi connectivity index (χ0n) is 9.79. The minimum absolute atomic E-state index is 0.305. The van der Waals surface area contributed by atoms with Gasteiger partial charge in [0.1, 0.15) is 12.2 Å². The SMILES string of the molecule is Cn1cnnc1CCNC(=O)CNCC(F)(F)F. The molecule has 0 fully saturated rings. The summed E-state index contributed by atoms with van der Waals surface area (Å²) in [5.41, 5.74) is 0. The van der Waals surface area contributed by atoms with E-state index in [1.165, 1.54) is 6.33 Å². The van der Waals surface area contributed by atoms with Gasteiger partial charge in [0.2, 0.25) is 5.91 Å². The highest BCUT2D eigenvalue weighted by Gasteiger charge is 2.26. The van der Waals surface area contributed by atoms with Crippen molar-refractivity contribution in [3.8, 4) is 0 Å². The van der Waals surface area contributed by atoms with Crippen molar-refractivity contribution in [1.82, 2.24) is 25.4 Å². The Kier molecular flexibility index (Phi) is 5.08. The lowest BCUT2D eigenvalue weighted by atomic mass is 10.4. The molecule has 9 heteroatoms. The third-order valence-electron chi connectivity index (χ3n) is 2.09. The Morgan fingerprint density at radius 3 is 2.78 bits per heavy atom. The van der Waals surface area contributed by atoms with Gasteiger partial charge >= 0.3 is 6.18 Å². The Morgan fingerprint density at radius 1 is 1.50 bits per heavy atom. The van der Waals surface area contributed by atoms with Crippen LogP contribution in [0.25, 0.3) is 0 Å². The first kappa shape index (κ1) is 14.4. The second kappa shape index (κ2) is 6.34. The lowest BCUT2D eigenvalue weighted by molar-refractivity contribution is -0.128. The van der Waals surface area contributed by atoms with E-state index in [2.05, 4.69) is 15.5 Å². The molecule has 0 unspecified atom stereocenters. The van der Waals surface area contributed by atoms with Crippen LogP contribution in [0.15, 0.2) is 6.33 Å². The van der Waals surface area contributed by atoms with Crippen molar-refractivity contribution < 1.29 is 18.0 Å². The average molecular weight is 265 g/mol. The van der Waals surface area contributed by atoms with Gasteiger partial charge in [0.15, 0.2) is 0 Å². The first-order chi connectivity index (χ1) is 8.38. The number of halogens is 3. The minimum Gasteiger partial charge on any atom is -0.355 e. The molecule has 1 rings (SSSR count). The van der Waals surface area contributed by atoms with E-state index in [0.717, 1.165) is 0 Å². The zero-order valence-corrected chi connectivity index (χ0v) is 9.79. The Labute approximate surface area is 102 Å². The van der Waals surface area contributed by atoms with Gasteiger partial charge in [0.25, 0.3) is 0 Å². The monoisotopic (exact) mass is 265 g/mol. The fraction of sp³-hybridized carbons (Fsp3) is 0.667. The van der Waals surface area contributed by atoms with Crippen molar-refractivity contribution in [2.75, 3.05) is 19.6 Å². The van der Waals surface area contributed by atoms with Crippen LogP contribution in [-0.4, -0.2) is 46.5 Å². The first-order valence-corrected chi connectivity index (χ1v) is 5.25. The summed E-state index contributed by atoms with van der Waals surface area (Å²) in [7, 11) is 1.77. The number of aryl methyl sites for hydroxylation is 1. The van der Waals surface area contributed by atoms with Gasteiger partial charge in [-0.2, -0.15) is 13.2 Å². The third-order valence-corrected chi connectivity index (χ3v) is 2.09.